The Balaban J connectivity index is 1.67. The van der Waals surface area contributed by atoms with Crippen LogP contribution >= 0.6 is 22.9 Å². The summed E-state index contributed by atoms with van der Waals surface area (Å²) in [7, 11) is 0. The lowest BCUT2D eigenvalue weighted by molar-refractivity contribution is 0.102. The third-order valence-corrected chi connectivity index (χ3v) is 5.30. The molecule has 6 nitrogen and oxygen atoms in total. The zero-order valence-corrected chi connectivity index (χ0v) is 16.9. The number of amides is 3. The van der Waals surface area contributed by atoms with E-state index in [9.17, 15) is 9.59 Å². The van der Waals surface area contributed by atoms with Crippen molar-refractivity contribution < 1.29 is 9.59 Å². The van der Waals surface area contributed by atoms with E-state index in [0.717, 1.165) is 29.0 Å². The van der Waals surface area contributed by atoms with Gasteiger partial charge >= 0.3 is 6.03 Å². The van der Waals surface area contributed by atoms with Crippen LogP contribution in [0.1, 0.15) is 27.9 Å². The summed E-state index contributed by atoms with van der Waals surface area (Å²) >= 11 is 6.96. The maximum Gasteiger partial charge on any atom is 0.325 e. The average Bonchev–Trinajstić information content (AvgIpc) is 3.04. The number of carbonyl (C=O) groups excluding carboxylic acids is 2. The molecule has 0 atom stereocenters. The zero-order chi connectivity index (χ0) is 20.1. The van der Waals surface area contributed by atoms with Crippen LogP contribution in [0.15, 0.2) is 48.5 Å². The van der Waals surface area contributed by atoms with Crippen LogP contribution < -0.4 is 16.0 Å². The monoisotopic (exact) mass is 414 g/mol. The first-order valence-corrected chi connectivity index (χ1v) is 9.86. The highest BCUT2D eigenvalue weighted by Gasteiger charge is 2.17. The lowest BCUT2D eigenvalue weighted by atomic mass is 10.1. The number of aromatic nitrogens is 1. The molecule has 8 heteroatoms. The number of aryl methyl sites for hydroxylation is 2. The second kappa shape index (κ2) is 8.86. The van der Waals surface area contributed by atoms with Crippen LogP contribution in [-0.2, 0) is 6.42 Å². The van der Waals surface area contributed by atoms with Crippen molar-refractivity contribution in [2.24, 2.45) is 0 Å². The van der Waals surface area contributed by atoms with E-state index < -0.39 is 6.03 Å². The number of carbonyl (C=O) groups is 2. The van der Waals surface area contributed by atoms with Gasteiger partial charge in [0.15, 0.2) is 5.13 Å². The van der Waals surface area contributed by atoms with Gasteiger partial charge in [-0.3, -0.25) is 10.1 Å². The average molecular weight is 415 g/mol. The van der Waals surface area contributed by atoms with Crippen molar-refractivity contribution in [3.8, 4) is 0 Å². The summed E-state index contributed by atoms with van der Waals surface area (Å²) in [5, 5.41) is 9.19. The summed E-state index contributed by atoms with van der Waals surface area (Å²) < 4.78 is 0. The molecule has 3 aromatic rings. The fourth-order valence-electron chi connectivity index (χ4n) is 2.58. The van der Waals surface area contributed by atoms with E-state index in [1.54, 1.807) is 31.2 Å². The standard InChI is InChI=1S/C20H19ClN4O2S/c1-3-13-6-4-5-7-16(13)24-18(26)17-12(2)22-20(28-17)25-19(27)23-15-10-8-14(21)9-11-15/h4-11H,3H2,1-2H3,(H,24,26)(H2,22,23,25,27). The largest absolute Gasteiger partial charge is 0.325 e. The maximum atomic E-state index is 12.6. The summed E-state index contributed by atoms with van der Waals surface area (Å²) in [5.41, 5.74) is 2.99. The van der Waals surface area contributed by atoms with E-state index in [2.05, 4.69) is 20.9 Å². The first-order valence-electron chi connectivity index (χ1n) is 8.66. The van der Waals surface area contributed by atoms with E-state index in [0.29, 0.717) is 26.4 Å². The molecule has 0 saturated heterocycles. The normalized spacial score (nSPS) is 10.4. The van der Waals surface area contributed by atoms with Crippen LogP contribution in [0.5, 0.6) is 0 Å². The maximum absolute atomic E-state index is 12.6. The molecule has 1 aromatic heterocycles. The molecule has 0 spiro atoms. The van der Waals surface area contributed by atoms with Gasteiger partial charge in [-0.05, 0) is 49.2 Å². The number of rotatable bonds is 5. The molecule has 0 aliphatic heterocycles. The lowest BCUT2D eigenvalue weighted by Crippen LogP contribution is -2.19. The Morgan fingerprint density at radius 1 is 1.04 bits per heavy atom. The highest BCUT2D eigenvalue weighted by atomic mass is 35.5. The predicted octanol–water partition coefficient (Wildman–Crippen LogP) is 5.56. The van der Waals surface area contributed by atoms with Crippen LogP contribution in [-0.4, -0.2) is 16.9 Å². The number of benzene rings is 2. The van der Waals surface area contributed by atoms with Crippen molar-refractivity contribution in [1.82, 2.24) is 4.98 Å². The molecule has 144 valence electrons. The minimum atomic E-state index is -0.445. The van der Waals surface area contributed by atoms with Gasteiger partial charge in [0.2, 0.25) is 0 Å². The van der Waals surface area contributed by atoms with Gasteiger partial charge in [-0.2, -0.15) is 0 Å². The molecule has 28 heavy (non-hydrogen) atoms. The zero-order valence-electron chi connectivity index (χ0n) is 15.4. The quantitative estimate of drug-likeness (QED) is 0.510. The number of para-hydroxylation sites is 1. The Bertz CT molecular complexity index is 1000. The molecule has 3 amide bonds. The van der Waals surface area contributed by atoms with Crippen LogP contribution in [0, 0.1) is 6.92 Å². The Kier molecular flexibility index (Phi) is 6.28. The summed E-state index contributed by atoms with van der Waals surface area (Å²) in [6.07, 6.45) is 0.815. The third kappa shape index (κ3) is 4.88. The van der Waals surface area contributed by atoms with Crippen LogP contribution in [0.25, 0.3) is 0 Å². The molecule has 0 bridgehead atoms. The number of hydrogen-bond acceptors (Lipinski definition) is 4. The molecular formula is C20H19ClN4O2S. The highest BCUT2D eigenvalue weighted by Crippen LogP contribution is 2.25. The molecule has 0 aliphatic rings. The topological polar surface area (TPSA) is 83.1 Å². The summed E-state index contributed by atoms with van der Waals surface area (Å²) in [6, 6.07) is 14.0. The van der Waals surface area contributed by atoms with Gasteiger partial charge in [0.25, 0.3) is 5.91 Å². The lowest BCUT2D eigenvalue weighted by Gasteiger charge is -2.08. The fourth-order valence-corrected chi connectivity index (χ4v) is 3.57. The van der Waals surface area contributed by atoms with Crippen molar-refractivity contribution in [1.29, 1.82) is 0 Å². The number of nitrogens with zero attached hydrogens (tertiary/aromatic N) is 1. The third-order valence-electron chi connectivity index (χ3n) is 3.97. The minimum Gasteiger partial charge on any atom is -0.321 e. The van der Waals surface area contributed by atoms with Gasteiger partial charge in [-0.15, -0.1) is 0 Å². The Hall–Kier alpha value is -2.90. The first-order chi connectivity index (χ1) is 13.5. The Labute approximate surface area is 172 Å². The van der Waals surface area contributed by atoms with Gasteiger partial charge in [0, 0.05) is 16.4 Å². The number of thiazole rings is 1. The van der Waals surface area contributed by atoms with Gasteiger partial charge < -0.3 is 10.6 Å². The van der Waals surface area contributed by atoms with Gasteiger partial charge in [0.05, 0.1) is 5.69 Å². The van der Waals surface area contributed by atoms with E-state index >= 15 is 0 Å². The van der Waals surface area contributed by atoms with Crippen molar-refractivity contribution in [3.63, 3.8) is 0 Å². The molecule has 0 aliphatic carbocycles. The van der Waals surface area contributed by atoms with Crippen LogP contribution in [0.4, 0.5) is 21.3 Å². The molecule has 0 unspecified atom stereocenters. The Morgan fingerprint density at radius 3 is 2.46 bits per heavy atom. The van der Waals surface area contributed by atoms with E-state index in [-0.39, 0.29) is 5.91 Å². The van der Waals surface area contributed by atoms with Crippen LogP contribution in [0.3, 0.4) is 0 Å². The molecule has 0 radical (unpaired) electrons. The number of hydrogen-bond donors (Lipinski definition) is 3. The van der Waals surface area contributed by atoms with E-state index in [1.165, 1.54) is 0 Å². The van der Waals surface area contributed by atoms with Crippen molar-refractivity contribution >= 4 is 51.4 Å². The van der Waals surface area contributed by atoms with Gasteiger partial charge in [-0.1, -0.05) is 48.1 Å². The van der Waals surface area contributed by atoms with Crippen molar-refractivity contribution in [2.75, 3.05) is 16.0 Å². The number of nitrogens with one attached hydrogen (secondary N) is 3. The van der Waals surface area contributed by atoms with Gasteiger partial charge in [0.1, 0.15) is 4.88 Å². The molecule has 3 N–H and O–H groups in total. The Morgan fingerprint density at radius 2 is 1.75 bits per heavy atom. The number of halogens is 1. The highest BCUT2D eigenvalue weighted by molar-refractivity contribution is 7.17. The smallest absolute Gasteiger partial charge is 0.321 e. The molecular weight excluding hydrogens is 396 g/mol. The molecule has 3 rings (SSSR count). The SMILES string of the molecule is CCc1ccccc1NC(=O)c1sc(NC(=O)Nc2ccc(Cl)cc2)nc1C. The fraction of sp³-hybridized carbons (Fsp3) is 0.150. The second-order valence-corrected chi connectivity index (χ2v) is 7.42. The molecule has 2 aromatic carbocycles. The minimum absolute atomic E-state index is 0.248. The summed E-state index contributed by atoms with van der Waals surface area (Å²) in [5.74, 6) is -0.248. The molecule has 0 fully saturated rings. The predicted molar refractivity (Wildman–Crippen MR) is 115 cm³/mol. The van der Waals surface area contributed by atoms with E-state index in [1.807, 2.05) is 31.2 Å². The van der Waals surface area contributed by atoms with Crippen molar-refractivity contribution in [3.05, 3.63) is 69.7 Å². The first kappa shape index (κ1) is 19.9. The summed E-state index contributed by atoms with van der Waals surface area (Å²) in [4.78, 5) is 29.5. The summed E-state index contributed by atoms with van der Waals surface area (Å²) in [6.45, 7) is 3.77. The van der Waals surface area contributed by atoms with E-state index in [4.69, 9.17) is 11.6 Å². The van der Waals surface area contributed by atoms with Gasteiger partial charge in [-0.25, -0.2) is 9.78 Å². The number of urea groups is 1. The molecule has 1 heterocycles. The number of anilines is 3. The van der Waals surface area contributed by atoms with Crippen molar-refractivity contribution in [2.45, 2.75) is 20.3 Å². The van der Waals surface area contributed by atoms with Crippen LogP contribution in [0.2, 0.25) is 5.02 Å². The molecule has 0 saturated carbocycles. The second-order valence-electron chi connectivity index (χ2n) is 5.98.